The van der Waals surface area contributed by atoms with Gasteiger partial charge in [-0.25, -0.2) is 0 Å². The van der Waals surface area contributed by atoms with Crippen LogP contribution >= 0.6 is 0 Å². The van der Waals surface area contributed by atoms with Gasteiger partial charge in [-0.3, -0.25) is 0 Å². The molecule has 0 aliphatic heterocycles. The fraction of sp³-hybridized carbons (Fsp3) is 0.500. The van der Waals surface area contributed by atoms with Crippen molar-refractivity contribution in [1.82, 2.24) is 0 Å². The van der Waals surface area contributed by atoms with Gasteiger partial charge in [-0.1, -0.05) is 0 Å². The van der Waals surface area contributed by atoms with Crippen molar-refractivity contribution in [3.8, 4) is 0 Å². The van der Waals surface area contributed by atoms with Gasteiger partial charge in [0.25, 0.3) is 0 Å². The summed E-state index contributed by atoms with van der Waals surface area (Å²) in [6, 6.07) is 0. The number of aliphatic carboxylic acids is 2. The number of carboxylic acids is 2. The third-order valence-electron chi connectivity index (χ3n) is 0.533. The van der Waals surface area contributed by atoms with Crippen LogP contribution < -0.4 is 91.2 Å². The molecular weight excluding hydrogens is 238 g/mol. The van der Waals surface area contributed by atoms with E-state index in [1.807, 2.05) is 0 Å². The molecule has 8 nitrogen and oxygen atoms in total. The second-order valence-corrected chi connectivity index (χ2v) is 1.24. The second-order valence-electron chi connectivity index (χ2n) is 1.24. The molecule has 0 unspecified atom stereocenters. The molecule has 0 radical (unpaired) electrons. The van der Waals surface area contributed by atoms with Crippen LogP contribution in [0.3, 0.4) is 0 Å². The zero-order chi connectivity index (χ0) is 6.57. The maximum Gasteiger partial charge on any atom is 1.00 e. The molecule has 10 heteroatoms. The van der Waals surface area contributed by atoms with Gasteiger partial charge >= 0.3 is 80.9 Å². The average Bonchev–Trinajstić information content (AvgIpc) is 1.61. The number of rotatable bonds is 3. The van der Waals surface area contributed by atoms with Gasteiger partial charge in [0.1, 0.15) is 0 Å². The first-order valence-electron chi connectivity index (χ1n) is 2.02. The van der Waals surface area contributed by atoms with E-state index >= 15 is 0 Å². The molecule has 0 aromatic rings. The Bertz CT molecular complexity index is 106. The summed E-state index contributed by atoms with van der Waals surface area (Å²) in [7, 11) is 0. The quantitative estimate of drug-likeness (QED) is 0.446. The molecule has 0 bridgehead atoms. The molecule has 0 heterocycles. The largest absolute Gasteiger partial charge is 1.00 e. The maximum absolute atomic E-state index is 9.50. The molecule has 0 rings (SSSR count). The molecule has 0 amide bonds. The van der Waals surface area contributed by atoms with Gasteiger partial charge in [0.15, 0.2) is 0 Å². The molecule has 0 saturated heterocycles. The Morgan fingerprint density at radius 1 is 0.786 bits per heavy atom. The Morgan fingerprint density at radius 3 is 1.00 bits per heavy atom. The van der Waals surface area contributed by atoms with Crippen molar-refractivity contribution in [3.05, 3.63) is 0 Å². The second kappa shape index (κ2) is 29.3. The van der Waals surface area contributed by atoms with E-state index in [1.54, 1.807) is 0 Å². The van der Waals surface area contributed by atoms with E-state index in [9.17, 15) is 19.8 Å². The molecular formula is C4H12KNaO8. The normalized spacial score (nSPS) is 4.86. The smallest absolute Gasteiger partial charge is 0.550 e. The predicted molar refractivity (Wildman–Crippen MR) is 33.7 cm³/mol. The van der Waals surface area contributed by atoms with E-state index < -0.39 is 24.8 Å². The van der Waals surface area contributed by atoms with Crippen LogP contribution in [0.15, 0.2) is 0 Å². The monoisotopic (exact) mass is 250 g/mol. The minimum Gasteiger partial charge on any atom is -0.550 e. The van der Waals surface area contributed by atoms with Crippen LogP contribution in [0.2, 0.25) is 0 Å². The average molecular weight is 250 g/mol. The predicted octanol–water partition coefficient (Wildman–Crippen LogP) is -12.0. The molecule has 14 heavy (non-hydrogen) atoms. The van der Waals surface area contributed by atoms with E-state index in [0.29, 0.717) is 0 Å². The van der Waals surface area contributed by atoms with E-state index in [4.69, 9.17) is 0 Å². The zero-order valence-corrected chi connectivity index (χ0v) is 13.2. The third-order valence-corrected chi connectivity index (χ3v) is 0.533. The van der Waals surface area contributed by atoms with Gasteiger partial charge in [-0.2, -0.15) is 0 Å². The van der Waals surface area contributed by atoms with Crippen molar-refractivity contribution >= 4 is 11.9 Å². The van der Waals surface area contributed by atoms with Gasteiger partial charge < -0.3 is 41.7 Å². The van der Waals surface area contributed by atoms with Gasteiger partial charge in [-0.05, 0) is 12.8 Å². The van der Waals surface area contributed by atoms with Gasteiger partial charge in [0.05, 0.1) is 0 Å². The minimum atomic E-state index is -1.37. The van der Waals surface area contributed by atoms with Gasteiger partial charge in [-0.15, -0.1) is 0 Å². The van der Waals surface area contributed by atoms with Crippen molar-refractivity contribution < 1.29 is 123 Å². The molecule has 78 valence electrons. The van der Waals surface area contributed by atoms with Crippen molar-refractivity contribution in [3.63, 3.8) is 0 Å². The molecule has 0 saturated carbocycles. The first kappa shape index (κ1) is 45.2. The van der Waals surface area contributed by atoms with Crippen LogP contribution in [0.25, 0.3) is 0 Å². The van der Waals surface area contributed by atoms with Crippen molar-refractivity contribution in [2.45, 2.75) is 12.8 Å². The van der Waals surface area contributed by atoms with Crippen LogP contribution in [0, 0.1) is 0 Å². The summed E-state index contributed by atoms with van der Waals surface area (Å²) in [5, 5.41) is 19.0. The van der Waals surface area contributed by atoms with E-state index in [-0.39, 0.29) is 103 Å². The van der Waals surface area contributed by atoms with Crippen molar-refractivity contribution in [1.29, 1.82) is 0 Å². The number of carbonyl (C=O) groups excluding carboxylic acids is 2. The number of hydrogen-bond donors (Lipinski definition) is 0. The van der Waals surface area contributed by atoms with Crippen LogP contribution in [0.5, 0.6) is 0 Å². The Labute approximate surface area is 145 Å². The van der Waals surface area contributed by atoms with E-state index in [1.165, 1.54) is 0 Å². The topological polar surface area (TPSA) is 206 Å². The molecule has 0 aromatic heterocycles. The minimum absolute atomic E-state index is 0. The van der Waals surface area contributed by atoms with Gasteiger partial charge in [0.2, 0.25) is 0 Å². The molecule has 0 aliphatic rings. The molecule has 0 fully saturated rings. The van der Waals surface area contributed by atoms with Crippen molar-refractivity contribution in [2.24, 2.45) is 0 Å². The summed E-state index contributed by atoms with van der Waals surface area (Å²) in [5.74, 6) is -2.73. The number of carboxylic acid groups (broad SMARTS) is 2. The Hall–Kier alpha value is 1.42. The Kier molecular flexibility index (Phi) is 94.6. The van der Waals surface area contributed by atoms with E-state index in [0.717, 1.165) is 0 Å². The first-order chi connectivity index (χ1) is 3.63. The van der Waals surface area contributed by atoms with Crippen molar-refractivity contribution in [2.75, 3.05) is 0 Å². The molecule has 8 N–H and O–H groups in total. The summed E-state index contributed by atoms with van der Waals surface area (Å²) >= 11 is 0. The number of hydrogen-bond acceptors (Lipinski definition) is 4. The van der Waals surface area contributed by atoms with E-state index in [2.05, 4.69) is 0 Å². The molecule has 0 spiro atoms. The molecule has 0 atom stereocenters. The maximum atomic E-state index is 9.50. The Balaban J connectivity index is -0.0000000163. The Morgan fingerprint density at radius 2 is 0.929 bits per heavy atom. The summed E-state index contributed by atoms with van der Waals surface area (Å²) in [4.78, 5) is 19.0. The van der Waals surface area contributed by atoms with Crippen LogP contribution in [-0.4, -0.2) is 33.8 Å². The summed E-state index contributed by atoms with van der Waals surface area (Å²) in [6.45, 7) is 0. The van der Waals surface area contributed by atoms with Crippen LogP contribution in [-0.2, 0) is 9.59 Å². The first-order valence-corrected chi connectivity index (χ1v) is 2.02. The number of carbonyl (C=O) groups is 2. The fourth-order valence-corrected chi connectivity index (χ4v) is 0.204. The zero-order valence-electron chi connectivity index (χ0n) is 8.05. The van der Waals surface area contributed by atoms with Crippen LogP contribution in [0.4, 0.5) is 0 Å². The summed E-state index contributed by atoms with van der Waals surface area (Å²) < 4.78 is 0. The van der Waals surface area contributed by atoms with Crippen LogP contribution in [0.1, 0.15) is 12.8 Å². The SMILES string of the molecule is O.O.O.O.O=C([O-])CCC(=O)[O-].[K+].[Na+]. The standard InChI is InChI=1S/C4H6O4.K.Na.4H2O/c5-3(6)1-2-4(7)8;;;;;;/h1-2H2,(H,5,6)(H,7,8);;;4*1H2/q;2*+1;;;;/p-2. The van der Waals surface area contributed by atoms with Gasteiger partial charge in [0, 0.05) is 11.9 Å². The fourth-order valence-electron chi connectivity index (χ4n) is 0.204. The summed E-state index contributed by atoms with van der Waals surface area (Å²) in [5.41, 5.74) is 0. The molecule has 0 aromatic carbocycles. The summed E-state index contributed by atoms with van der Waals surface area (Å²) in [6.07, 6.45) is -0.940. The third kappa shape index (κ3) is 50.2. The molecule has 0 aliphatic carbocycles.